The fraction of sp³-hybridized carbons (Fsp3) is 0.333. The number of aromatic nitrogens is 1. The van der Waals surface area contributed by atoms with E-state index in [9.17, 15) is 4.79 Å². The summed E-state index contributed by atoms with van der Waals surface area (Å²) >= 11 is 0. The largest absolute Gasteiger partial charge is 0.370 e. The van der Waals surface area contributed by atoms with E-state index in [1.807, 2.05) is 19.9 Å². The van der Waals surface area contributed by atoms with Crippen molar-refractivity contribution in [3.8, 4) is 0 Å². The second-order valence-corrected chi connectivity index (χ2v) is 3.63. The van der Waals surface area contributed by atoms with Gasteiger partial charge in [0.05, 0.1) is 17.6 Å². The molecule has 0 atom stereocenters. The molecule has 0 saturated heterocycles. The van der Waals surface area contributed by atoms with Gasteiger partial charge >= 0.3 is 0 Å². The van der Waals surface area contributed by atoms with Crippen molar-refractivity contribution in [3.05, 3.63) is 18.5 Å². The van der Waals surface area contributed by atoms with E-state index in [1.54, 1.807) is 12.4 Å². The molecule has 1 aromatic rings. The highest BCUT2D eigenvalue weighted by molar-refractivity contribution is 6.05. The summed E-state index contributed by atoms with van der Waals surface area (Å²) in [4.78, 5) is 15.4. The molecule has 0 aromatic carbocycles. The standard InChI is InChI=1S/C9H11N3O/c1-9(2)8(13)11-7-5-10-4-3-6(7)12-9/h3-5,12H,1-2H3,(H,11,13). The van der Waals surface area contributed by atoms with Crippen molar-refractivity contribution in [2.45, 2.75) is 19.4 Å². The first-order valence-electron chi connectivity index (χ1n) is 4.13. The summed E-state index contributed by atoms with van der Waals surface area (Å²) < 4.78 is 0. The number of hydrogen-bond donors (Lipinski definition) is 2. The molecule has 2 rings (SSSR count). The van der Waals surface area contributed by atoms with Crippen LogP contribution < -0.4 is 10.6 Å². The van der Waals surface area contributed by atoms with Crippen molar-refractivity contribution in [1.29, 1.82) is 0 Å². The lowest BCUT2D eigenvalue weighted by Gasteiger charge is -2.32. The van der Waals surface area contributed by atoms with Crippen LogP contribution in [0.2, 0.25) is 0 Å². The lowest BCUT2D eigenvalue weighted by atomic mass is 10.0. The average molecular weight is 177 g/mol. The van der Waals surface area contributed by atoms with Gasteiger partial charge in [0.2, 0.25) is 5.91 Å². The van der Waals surface area contributed by atoms with Gasteiger partial charge in [0.25, 0.3) is 0 Å². The molecule has 1 amide bonds. The van der Waals surface area contributed by atoms with Gasteiger partial charge in [0.15, 0.2) is 0 Å². The summed E-state index contributed by atoms with van der Waals surface area (Å²) in [5.41, 5.74) is 1.11. The molecule has 0 spiro atoms. The molecule has 0 radical (unpaired) electrons. The molecule has 1 aliphatic rings. The van der Waals surface area contributed by atoms with E-state index in [2.05, 4.69) is 15.6 Å². The highest BCUT2D eigenvalue weighted by Gasteiger charge is 2.32. The van der Waals surface area contributed by atoms with Crippen molar-refractivity contribution < 1.29 is 4.79 Å². The molecule has 2 N–H and O–H groups in total. The lowest BCUT2D eigenvalue weighted by Crippen LogP contribution is -2.47. The number of pyridine rings is 1. The van der Waals surface area contributed by atoms with E-state index in [0.717, 1.165) is 11.4 Å². The maximum absolute atomic E-state index is 11.5. The van der Waals surface area contributed by atoms with E-state index in [0.29, 0.717) is 0 Å². The summed E-state index contributed by atoms with van der Waals surface area (Å²) in [6.07, 6.45) is 3.33. The Kier molecular flexibility index (Phi) is 1.52. The van der Waals surface area contributed by atoms with Gasteiger partial charge in [-0.3, -0.25) is 9.78 Å². The molecule has 0 fully saturated rings. The number of nitrogens with one attached hydrogen (secondary N) is 2. The summed E-state index contributed by atoms with van der Waals surface area (Å²) in [7, 11) is 0. The van der Waals surface area contributed by atoms with Crippen LogP contribution in [-0.2, 0) is 4.79 Å². The number of fused-ring (bicyclic) bond motifs is 1. The van der Waals surface area contributed by atoms with E-state index in [4.69, 9.17) is 0 Å². The summed E-state index contributed by atoms with van der Waals surface area (Å²) in [5, 5.41) is 5.92. The highest BCUT2D eigenvalue weighted by atomic mass is 16.2. The van der Waals surface area contributed by atoms with E-state index < -0.39 is 5.54 Å². The molecule has 0 saturated carbocycles. The molecular weight excluding hydrogens is 166 g/mol. The van der Waals surface area contributed by atoms with Crippen molar-refractivity contribution in [2.75, 3.05) is 10.6 Å². The molecule has 1 aromatic heterocycles. The van der Waals surface area contributed by atoms with Crippen LogP contribution >= 0.6 is 0 Å². The van der Waals surface area contributed by atoms with Crippen molar-refractivity contribution in [1.82, 2.24) is 4.98 Å². The average Bonchev–Trinajstić information content (AvgIpc) is 2.06. The van der Waals surface area contributed by atoms with Crippen molar-refractivity contribution >= 4 is 17.3 Å². The Morgan fingerprint density at radius 1 is 1.38 bits per heavy atom. The zero-order chi connectivity index (χ0) is 9.47. The number of nitrogens with zero attached hydrogens (tertiary/aromatic N) is 1. The number of hydrogen-bond acceptors (Lipinski definition) is 3. The zero-order valence-corrected chi connectivity index (χ0v) is 7.59. The number of amides is 1. The molecule has 68 valence electrons. The van der Waals surface area contributed by atoms with Crippen LogP contribution in [0.3, 0.4) is 0 Å². The van der Waals surface area contributed by atoms with Gasteiger partial charge < -0.3 is 10.6 Å². The third kappa shape index (κ3) is 1.24. The molecule has 0 unspecified atom stereocenters. The van der Waals surface area contributed by atoms with Crippen LogP contribution in [0, 0.1) is 0 Å². The number of carbonyl (C=O) groups excluding carboxylic acids is 1. The lowest BCUT2D eigenvalue weighted by molar-refractivity contribution is -0.119. The summed E-state index contributed by atoms with van der Waals surface area (Å²) in [6.45, 7) is 3.68. The van der Waals surface area contributed by atoms with Crippen LogP contribution in [0.25, 0.3) is 0 Å². The Morgan fingerprint density at radius 2 is 2.15 bits per heavy atom. The minimum absolute atomic E-state index is 0.0343. The first-order valence-corrected chi connectivity index (χ1v) is 4.13. The first-order chi connectivity index (χ1) is 6.09. The number of anilines is 2. The second-order valence-electron chi connectivity index (χ2n) is 3.63. The fourth-order valence-corrected chi connectivity index (χ4v) is 1.28. The molecule has 1 aliphatic heterocycles. The predicted octanol–water partition coefficient (Wildman–Crippen LogP) is 1.22. The highest BCUT2D eigenvalue weighted by Crippen LogP contribution is 2.28. The third-order valence-corrected chi connectivity index (χ3v) is 2.08. The molecule has 4 nitrogen and oxygen atoms in total. The smallest absolute Gasteiger partial charge is 0.249 e. The van der Waals surface area contributed by atoms with Crippen molar-refractivity contribution in [2.24, 2.45) is 0 Å². The Balaban J connectivity index is 2.44. The maximum atomic E-state index is 11.5. The number of rotatable bonds is 0. The fourth-order valence-electron chi connectivity index (χ4n) is 1.28. The minimum atomic E-state index is -0.547. The van der Waals surface area contributed by atoms with Gasteiger partial charge in [0, 0.05) is 6.20 Å². The van der Waals surface area contributed by atoms with Crippen LogP contribution in [0.15, 0.2) is 18.5 Å². The SMILES string of the molecule is CC1(C)Nc2ccncc2NC1=O. The predicted molar refractivity (Wildman–Crippen MR) is 50.6 cm³/mol. The Hall–Kier alpha value is -1.58. The third-order valence-electron chi connectivity index (χ3n) is 2.08. The van der Waals surface area contributed by atoms with Gasteiger partial charge in [-0.1, -0.05) is 0 Å². The molecule has 0 aliphatic carbocycles. The first kappa shape index (κ1) is 8.04. The Labute approximate surface area is 76.4 Å². The van der Waals surface area contributed by atoms with Crippen LogP contribution in [-0.4, -0.2) is 16.4 Å². The van der Waals surface area contributed by atoms with E-state index in [1.165, 1.54) is 0 Å². The van der Waals surface area contributed by atoms with Gasteiger partial charge in [0.1, 0.15) is 5.54 Å². The maximum Gasteiger partial charge on any atom is 0.249 e. The topological polar surface area (TPSA) is 54.0 Å². The molecular formula is C9H11N3O. The monoisotopic (exact) mass is 177 g/mol. The van der Waals surface area contributed by atoms with Crippen LogP contribution in [0.1, 0.15) is 13.8 Å². The minimum Gasteiger partial charge on any atom is -0.370 e. The zero-order valence-electron chi connectivity index (χ0n) is 7.59. The van der Waals surface area contributed by atoms with Gasteiger partial charge in [-0.05, 0) is 19.9 Å². The molecule has 0 bridgehead atoms. The van der Waals surface area contributed by atoms with E-state index in [-0.39, 0.29) is 5.91 Å². The molecule has 4 heteroatoms. The van der Waals surface area contributed by atoms with Crippen LogP contribution in [0.5, 0.6) is 0 Å². The summed E-state index contributed by atoms with van der Waals surface area (Å²) in [5.74, 6) is -0.0343. The van der Waals surface area contributed by atoms with Gasteiger partial charge in [-0.2, -0.15) is 0 Å². The molecule has 13 heavy (non-hydrogen) atoms. The second kappa shape index (κ2) is 2.45. The Morgan fingerprint density at radius 3 is 2.92 bits per heavy atom. The van der Waals surface area contributed by atoms with Crippen LogP contribution in [0.4, 0.5) is 11.4 Å². The van der Waals surface area contributed by atoms with E-state index >= 15 is 0 Å². The Bertz CT molecular complexity index is 360. The number of carbonyl (C=O) groups is 1. The molecule has 2 heterocycles. The van der Waals surface area contributed by atoms with Gasteiger partial charge in [-0.15, -0.1) is 0 Å². The summed E-state index contributed by atoms with van der Waals surface area (Å²) in [6, 6.07) is 1.84. The van der Waals surface area contributed by atoms with Crippen molar-refractivity contribution in [3.63, 3.8) is 0 Å². The van der Waals surface area contributed by atoms with Gasteiger partial charge in [-0.25, -0.2) is 0 Å². The normalized spacial score (nSPS) is 18.5. The quantitative estimate of drug-likeness (QED) is 0.626.